The predicted octanol–water partition coefficient (Wildman–Crippen LogP) is 3.79. The minimum atomic E-state index is 0.109. The maximum atomic E-state index is 6.05. The largest absolute Gasteiger partial charge is 0.324 e. The van der Waals surface area contributed by atoms with Crippen molar-refractivity contribution in [3.05, 3.63) is 33.8 Å². The topological polar surface area (TPSA) is 26.0 Å². The molecule has 0 aliphatic heterocycles. The van der Waals surface area contributed by atoms with Gasteiger partial charge in [0, 0.05) is 6.04 Å². The Hall–Kier alpha value is -0.240. The SMILES string of the molecule is N[C@H](CC1CC1)c1ccc(Cl)c(Cl)c1. The fourth-order valence-corrected chi connectivity index (χ4v) is 1.90. The summed E-state index contributed by atoms with van der Waals surface area (Å²) in [6.45, 7) is 0. The van der Waals surface area contributed by atoms with Crippen molar-refractivity contribution < 1.29 is 0 Å². The van der Waals surface area contributed by atoms with Crippen LogP contribution in [0.1, 0.15) is 30.9 Å². The second-order valence-electron chi connectivity index (χ2n) is 3.96. The zero-order valence-corrected chi connectivity index (χ0v) is 9.35. The Kier molecular flexibility index (Phi) is 3.01. The van der Waals surface area contributed by atoms with Gasteiger partial charge in [-0.25, -0.2) is 0 Å². The first-order valence-electron chi connectivity index (χ1n) is 4.87. The van der Waals surface area contributed by atoms with Crippen LogP contribution in [0, 0.1) is 5.92 Å². The summed E-state index contributed by atoms with van der Waals surface area (Å²) in [5.41, 5.74) is 7.14. The van der Waals surface area contributed by atoms with Gasteiger partial charge < -0.3 is 5.73 Å². The van der Waals surface area contributed by atoms with Gasteiger partial charge in [-0.1, -0.05) is 42.1 Å². The van der Waals surface area contributed by atoms with E-state index < -0.39 is 0 Å². The number of halogens is 2. The van der Waals surface area contributed by atoms with Crippen LogP contribution in [0.4, 0.5) is 0 Å². The van der Waals surface area contributed by atoms with Crippen LogP contribution in [0.25, 0.3) is 0 Å². The molecular weight excluding hydrogens is 217 g/mol. The van der Waals surface area contributed by atoms with Crippen molar-refractivity contribution in [2.24, 2.45) is 11.7 Å². The molecule has 0 aromatic heterocycles. The molecule has 0 spiro atoms. The standard InChI is InChI=1S/C11H13Cl2N/c12-9-4-3-8(6-10(9)13)11(14)5-7-1-2-7/h3-4,6-7,11H,1-2,5,14H2/t11-/m1/s1. The molecule has 1 aliphatic carbocycles. The van der Waals surface area contributed by atoms with Crippen LogP contribution in [-0.4, -0.2) is 0 Å². The number of nitrogens with two attached hydrogens (primary N) is 1. The maximum absolute atomic E-state index is 6.05. The lowest BCUT2D eigenvalue weighted by Crippen LogP contribution is -2.10. The molecule has 2 N–H and O–H groups in total. The lowest BCUT2D eigenvalue weighted by molar-refractivity contribution is 0.597. The number of benzene rings is 1. The summed E-state index contributed by atoms with van der Waals surface area (Å²) < 4.78 is 0. The highest BCUT2D eigenvalue weighted by atomic mass is 35.5. The van der Waals surface area contributed by atoms with Crippen LogP contribution in [0.2, 0.25) is 10.0 Å². The highest BCUT2D eigenvalue weighted by Gasteiger charge is 2.24. The summed E-state index contributed by atoms with van der Waals surface area (Å²) in [4.78, 5) is 0. The van der Waals surface area contributed by atoms with Crippen molar-refractivity contribution in [2.75, 3.05) is 0 Å². The van der Waals surface area contributed by atoms with E-state index in [4.69, 9.17) is 28.9 Å². The third-order valence-corrected chi connectivity index (χ3v) is 3.40. The van der Waals surface area contributed by atoms with E-state index in [9.17, 15) is 0 Å². The highest BCUT2D eigenvalue weighted by molar-refractivity contribution is 6.42. The van der Waals surface area contributed by atoms with Gasteiger partial charge in [0.25, 0.3) is 0 Å². The lowest BCUT2D eigenvalue weighted by Gasteiger charge is -2.11. The molecule has 0 bridgehead atoms. The first-order chi connectivity index (χ1) is 6.66. The third-order valence-electron chi connectivity index (χ3n) is 2.66. The Morgan fingerprint density at radius 2 is 2.00 bits per heavy atom. The van der Waals surface area contributed by atoms with E-state index >= 15 is 0 Å². The molecule has 1 saturated carbocycles. The van der Waals surface area contributed by atoms with Crippen LogP contribution in [0.5, 0.6) is 0 Å². The molecule has 2 rings (SSSR count). The minimum Gasteiger partial charge on any atom is -0.324 e. The molecule has 0 unspecified atom stereocenters. The van der Waals surface area contributed by atoms with E-state index in [1.165, 1.54) is 12.8 Å². The molecule has 3 heteroatoms. The molecule has 1 aliphatic rings. The van der Waals surface area contributed by atoms with Crippen molar-refractivity contribution in [1.29, 1.82) is 0 Å². The van der Waals surface area contributed by atoms with E-state index in [1.807, 2.05) is 18.2 Å². The van der Waals surface area contributed by atoms with Crippen LogP contribution >= 0.6 is 23.2 Å². The van der Waals surface area contributed by atoms with Gasteiger partial charge >= 0.3 is 0 Å². The zero-order valence-electron chi connectivity index (χ0n) is 7.84. The zero-order chi connectivity index (χ0) is 10.1. The van der Waals surface area contributed by atoms with Gasteiger partial charge in [-0.15, -0.1) is 0 Å². The first kappa shape index (κ1) is 10.3. The van der Waals surface area contributed by atoms with Crippen molar-refractivity contribution in [1.82, 2.24) is 0 Å². The maximum Gasteiger partial charge on any atom is 0.0595 e. The fourth-order valence-electron chi connectivity index (χ4n) is 1.59. The Bertz CT molecular complexity index is 334. The summed E-state index contributed by atoms with van der Waals surface area (Å²) in [6, 6.07) is 5.75. The van der Waals surface area contributed by atoms with Gasteiger partial charge in [-0.3, -0.25) is 0 Å². The number of hydrogen-bond donors (Lipinski definition) is 1. The molecule has 1 aromatic carbocycles. The third kappa shape index (κ3) is 2.41. The van der Waals surface area contributed by atoms with Crippen molar-refractivity contribution in [2.45, 2.75) is 25.3 Å². The Morgan fingerprint density at radius 3 is 2.57 bits per heavy atom. The van der Waals surface area contributed by atoms with Gasteiger partial charge in [0.1, 0.15) is 0 Å². The van der Waals surface area contributed by atoms with E-state index in [-0.39, 0.29) is 6.04 Å². The predicted molar refractivity (Wildman–Crippen MR) is 60.7 cm³/mol. The van der Waals surface area contributed by atoms with Crippen LogP contribution in [-0.2, 0) is 0 Å². The minimum absolute atomic E-state index is 0.109. The van der Waals surface area contributed by atoms with E-state index in [0.717, 1.165) is 17.9 Å². The fraction of sp³-hybridized carbons (Fsp3) is 0.455. The van der Waals surface area contributed by atoms with Crippen LogP contribution in [0.3, 0.4) is 0 Å². The summed E-state index contributed by atoms with van der Waals surface area (Å²) >= 11 is 11.8. The van der Waals surface area contributed by atoms with Crippen LogP contribution < -0.4 is 5.73 Å². The normalized spacial score (nSPS) is 18.2. The molecule has 1 aromatic rings. The molecule has 0 amide bonds. The van der Waals surface area contributed by atoms with E-state index in [2.05, 4.69) is 0 Å². The molecule has 1 atom stereocenters. The number of hydrogen-bond acceptors (Lipinski definition) is 1. The van der Waals surface area contributed by atoms with Crippen LogP contribution in [0.15, 0.2) is 18.2 Å². The Labute approximate surface area is 94.2 Å². The average Bonchev–Trinajstić information content (AvgIpc) is 2.93. The molecule has 0 heterocycles. The Balaban J connectivity index is 2.10. The molecule has 0 radical (unpaired) electrons. The van der Waals surface area contributed by atoms with Crippen molar-refractivity contribution >= 4 is 23.2 Å². The molecule has 0 saturated heterocycles. The molecule has 76 valence electrons. The van der Waals surface area contributed by atoms with Gasteiger partial charge in [0.05, 0.1) is 10.0 Å². The summed E-state index contributed by atoms with van der Waals surface area (Å²) in [5.74, 6) is 0.833. The van der Waals surface area contributed by atoms with Crippen molar-refractivity contribution in [3.63, 3.8) is 0 Å². The summed E-state index contributed by atoms with van der Waals surface area (Å²) in [7, 11) is 0. The van der Waals surface area contributed by atoms with Gasteiger partial charge in [0.2, 0.25) is 0 Å². The smallest absolute Gasteiger partial charge is 0.0595 e. The molecule has 14 heavy (non-hydrogen) atoms. The second kappa shape index (κ2) is 4.09. The molecule has 1 nitrogen and oxygen atoms in total. The molecule has 1 fully saturated rings. The van der Waals surface area contributed by atoms with Gasteiger partial charge in [-0.2, -0.15) is 0 Å². The number of rotatable bonds is 3. The van der Waals surface area contributed by atoms with E-state index in [1.54, 1.807) is 0 Å². The average molecular weight is 230 g/mol. The van der Waals surface area contributed by atoms with Gasteiger partial charge in [0.15, 0.2) is 0 Å². The summed E-state index contributed by atoms with van der Waals surface area (Å²) in [5, 5.41) is 1.18. The monoisotopic (exact) mass is 229 g/mol. The Morgan fingerprint density at radius 1 is 1.29 bits per heavy atom. The lowest BCUT2D eigenvalue weighted by atomic mass is 10.0. The summed E-state index contributed by atoms with van der Waals surface area (Å²) in [6.07, 6.45) is 3.72. The van der Waals surface area contributed by atoms with Crippen molar-refractivity contribution in [3.8, 4) is 0 Å². The van der Waals surface area contributed by atoms with Gasteiger partial charge in [-0.05, 0) is 30.0 Å². The quantitative estimate of drug-likeness (QED) is 0.839. The first-order valence-corrected chi connectivity index (χ1v) is 5.63. The highest BCUT2D eigenvalue weighted by Crippen LogP contribution is 2.37. The molecular formula is C11H13Cl2N. The second-order valence-corrected chi connectivity index (χ2v) is 4.77. The van der Waals surface area contributed by atoms with E-state index in [0.29, 0.717) is 10.0 Å².